The van der Waals surface area contributed by atoms with E-state index in [0.29, 0.717) is 17.7 Å². The normalized spacial score (nSPS) is 13.2. The van der Waals surface area contributed by atoms with Crippen molar-refractivity contribution in [3.63, 3.8) is 0 Å². The van der Waals surface area contributed by atoms with Gasteiger partial charge in [-0.05, 0) is 66.6 Å². The molecule has 9 heteroatoms. The zero-order valence-corrected chi connectivity index (χ0v) is 17.8. The molecule has 0 bridgehead atoms. The molecule has 1 amide bonds. The van der Waals surface area contributed by atoms with Crippen LogP contribution in [0.3, 0.4) is 0 Å². The maximum atomic E-state index is 13.8. The first-order valence-corrected chi connectivity index (χ1v) is 11.2. The third kappa shape index (κ3) is 3.70. The number of anilines is 2. The summed E-state index contributed by atoms with van der Waals surface area (Å²) < 4.78 is 55.6. The topological polar surface area (TPSA) is 66.5 Å². The van der Waals surface area contributed by atoms with E-state index in [0.717, 1.165) is 16.6 Å². The molecule has 3 aromatic carbocycles. The van der Waals surface area contributed by atoms with Crippen molar-refractivity contribution in [1.29, 1.82) is 0 Å². The van der Waals surface area contributed by atoms with Gasteiger partial charge in [0.2, 0.25) is 0 Å². The van der Waals surface area contributed by atoms with Gasteiger partial charge in [0.05, 0.1) is 10.6 Å². The molecule has 0 saturated heterocycles. The molecule has 0 atom stereocenters. The van der Waals surface area contributed by atoms with Crippen LogP contribution in [0.25, 0.3) is 0 Å². The van der Waals surface area contributed by atoms with Crippen molar-refractivity contribution in [3.8, 4) is 0 Å². The molecule has 1 aliphatic rings. The Balaban J connectivity index is 1.61. The minimum absolute atomic E-state index is 0.162. The molecular weight excluding hydrogens is 478 g/mol. The second-order valence-electron chi connectivity index (χ2n) is 6.68. The lowest BCUT2D eigenvalue weighted by Crippen LogP contribution is -2.29. The van der Waals surface area contributed by atoms with Crippen LogP contribution in [0.1, 0.15) is 15.9 Å². The maximum absolute atomic E-state index is 13.8. The number of hydrogen-bond acceptors (Lipinski definition) is 3. The molecule has 4 rings (SSSR count). The fourth-order valence-corrected chi connectivity index (χ4v) is 5.07. The van der Waals surface area contributed by atoms with Crippen molar-refractivity contribution >= 4 is 43.2 Å². The fraction of sp³-hybridized carbons (Fsp3) is 0.0952. The number of rotatable bonds is 4. The maximum Gasteiger partial charge on any atom is 0.264 e. The molecule has 0 aromatic heterocycles. The van der Waals surface area contributed by atoms with Crippen molar-refractivity contribution in [2.45, 2.75) is 11.3 Å². The van der Waals surface area contributed by atoms with Crippen LogP contribution in [0.4, 0.5) is 20.2 Å². The highest BCUT2D eigenvalue weighted by molar-refractivity contribution is 9.10. The van der Waals surface area contributed by atoms with E-state index in [4.69, 9.17) is 0 Å². The van der Waals surface area contributed by atoms with Crippen LogP contribution in [-0.4, -0.2) is 20.9 Å². The molecule has 30 heavy (non-hydrogen) atoms. The summed E-state index contributed by atoms with van der Waals surface area (Å²) in [5.41, 5.74) is 0.797. The summed E-state index contributed by atoms with van der Waals surface area (Å²) in [6.45, 7) is 0.237. The van der Waals surface area contributed by atoms with Crippen molar-refractivity contribution in [1.82, 2.24) is 0 Å². The second-order valence-corrected chi connectivity index (χ2v) is 9.45. The molecule has 1 N–H and O–H groups in total. The van der Waals surface area contributed by atoms with E-state index in [1.807, 2.05) is 0 Å². The van der Waals surface area contributed by atoms with Gasteiger partial charge >= 0.3 is 0 Å². The molecule has 0 saturated carbocycles. The van der Waals surface area contributed by atoms with Gasteiger partial charge in [0.1, 0.15) is 17.3 Å². The highest BCUT2D eigenvalue weighted by atomic mass is 79.9. The smallest absolute Gasteiger partial charge is 0.264 e. The molecule has 0 unspecified atom stereocenters. The van der Waals surface area contributed by atoms with Gasteiger partial charge in [-0.2, -0.15) is 0 Å². The Morgan fingerprint density at radius 2 is 1.67 bits per heavy atom. The summed E-state index contributed by atoms with van der Waals surface area (Å²) in [7, 11) is -3.75. The summed E-state index contributed by atoms with van der Waals surface area (Å²) >= 11 is 3.28. The monoisotopic (exact) mass is 492 g/mol. The van der Waals surface area contributed by atoms with Gasteiger partial charge in [-0.3, -0.25) is 9.10 Å². The van der Waals surface area contributed by atoms with Gasteiger partial charge in [0.15, 0.2) is 0 Å². The number of carbonyl (C=O) groups excluding carboxylic acids is 1. The molecule has 5 nitrogen and oxygen atoms in total. The molecule has 154 valence electrons. The van der Waals surface area contributed by atoms with Crippen LogP contribution in [-0.2, 0) is 16.4 Å². The van der Waals surface area contributed by atoms with Crippen molar-refractivity contribution in [2.75, 3.05) is 16.2 Å². The minimum atomic E-state index is -3.75. The van der Waals surface area contributed by atoms with Gasteiger partial charge in [-0.1, -0.05) is 22.0 Å². The van der Waals surface area contributed by atoms with Crippen LogP contribution >= 0.6 is 15.9 Å². The van der Waals surface area contributed by atoms with E-state index in [1.165, 1.54) is 34.6 Å². The third-order valence-electron chi connectivity index (χ3n) is 4.80. The summed E-state index contributed by atoms with van der Waals surface area (Å²) in [6.07, 6.45) is 0.417. The summed E-state index contributed by atoms with van der Waals surface area (Å²) in [4.78, 5) is 12.6. The number of para-hydroxylation sites is 1. The van der Waals surface area contributed by atoms with E-state index >= 15 is 0 Å². The second kappa shape index (κ2) is 7.81. The fourth-order valence-electron chi connectivity index (χ4n) is 3.30. The third-order valence-corrected chi connectivity index (χ3v) is 7.15. The van der Waals surface area contributed by atoms with Crippen molar-refractivity contribution in [2.24, 2.45) is 0 Å². The van der Waals surface area contributed by atoms with E-state index in [9.17, 15) is 22.0 Å². The highest BCUT2D eigenvalue weighted by Crippen LogP contribution is 2.34. The lowest BCUT2D eigenvalue weighted by Gasteiger charge is -2.20. The summed E-state index contributed by atoms with van der Waals surface area (Å²) in [6, 6.07) is 14.1. The Kier molecular flexibility index (Phi) is 5.33. The van der Waals surface area contributed by atoms with E-state index in [-0.39, 0.29) is 17.0 Å². The SMILES string of the molecule is O=C(Nc1c(F)cccc1F)c1ccc2c(c1)CCN2S(=O)(=O)c1ccc(Br)cc1. The molecule has 1 heterocycles. The Morgan fingerprint density at radius 3 is 2.33 bits per heavy atom. The zero-order valence-electron chi connectivity index (χ0n) is 15.4. The predicted octanol–water partition coefficient (Wildman–Crippen LogP) is 4.73. The summed E-state index contributed by atoms with van der Waals surface area (Å²) in [5.74, 6) is -2.44. The average Bonchev–Trinajstić information content (AvgIpc) is 3.15. The number of halogens is 3. The van der Waals surface area contributed by atoms with Gasteiger partial charge in [0.25, 0.3) is 15.9 Å². The van der Waals surface area contributed by atoms with Gasteiger partial charge in [-0.15, -0.1) is 0 Å². The minimum Gasteiger partial charge on any atom is -0.317 e. The number of sulfonamides is 1. The quantitative estimate of drug-likeness (QED) is 0.572. The van der Waals surface area contributed by atoms with Crippen molar-refractivity contribution < 1.29 is 22.0 Å². The predicted molar refractivity (Wildman–Crippen MR) is 113 cm³/mol. The summed E-state index contributed by atoms with van der Waals surface area (Å²) in [5, 5.41) is 2.23. The average molecular weight is 493 g/mol. The first-order chi connectivity index (χ1) is 14.3. The number of nitrogens with zero attached hydrogens (tertiary/aromatic N) is 1. The molecule has 0 radical (unpaired) electrons. The van der Waals surface area contributed by atoms with Crippen LogP contribution in [0.15, 0.2) is 70.0 Å². The first kappa shape index (κ1) is 20.5. The molecular formula is C21H15BrF2N2O3S. The molecule has 0 spiro atoms. The zero-order chi connectivity index (χ0) is 21.5. The number of hydrogen-bond donors (Lipinski definition) is 1. The Bertz CT molecular complexity index is 1230. The van der Waals surface area contributed by atoms with Crippen LogP contribution in [0.2, 0.25) is 0 Å². The molecule has 3 aromatic rings. The lowest BCUT2D eigenvalue weighted by molar-refractivity contribution is 0.102. The van der Waals surface area contributed by atoms with E-state index in [2.05, 4.69) is 21.2 Å². The van der Waals surface area contributed by atoms with Crippen molar-refractivity contribution in [3.05, 3.63) is 87.9 Å². The Labute approximate surface area is 180 Å². The largest absolute Gasteiger partial charge is 0.317 e. The van der Waals surface area contributed by atoms with Crippen LogP contribution in [0.5, 0.6) is 0 Å². The first-order valence-electron chi connectivity index (χ1n) is 8.94. The lowest BCUT2D eigenvalue weighted by atomic mass is 10.1. The Morgan fingerprint density at radius 1 is 1.00 bits per heavy atom. The standard InChI is InChI=1S/C21H15BrF2N2O3S/c22-15-5-7-16(8-6-15)30(28,29)26-11-10-13-12-14(4-9-19(13)26)21(27)25-20-17(23)2-1-3-18(20)24/h1-9,12H,10-11H2,(H,25,27). The number of carbonyl (C=O) groups is 1. The Hall–Kier alpha value is -2.78. The molecule has 0 aliphatic carbocycles. The van der Waals surface area contributed by atoms with Gasteiger partial charge in [-0.25, -0.2) is 17.2 Å². The van der Waals surface area contributed by atoms with Gasteiger partial charge in [0, 0.05) is 16.6 Å². The van der Waals surface area contributed by atoms with Crippen LogP contribution < -0.4 is 9.62 Å². The number of benzene rings is 3. The number of fused-ring (bicyclic) bond motifs is 1. The van der Waals surface area contributed by atoms with Crippen LogP contribution in [0, 0.1) is 11.6 Å². The highest BCUT2D eigenvalue weighted by Gasteiger charge is 2.31. The number of amides is 1. The van der Waals surface area contributed by atoms with Gasteiger partial charge < -0.3 is 5.32 Å². The van der Waals surface area contributed by atoms with E-state index in [1.54, 1.807) is 18.2 Å². The molecule has 1 aliphatic heterocycles. The van der Waals surface area contributed by atoms with E-state index < -0.39 is 33.3 Å². The molecule has 0 fully saturated rings. The number of nitrogens with one attached hydrogen (secondary N) is 1.